The maximum atomic E-state index is 12.2. The lowest BCUT2D eigenvalue weighted by Crippen LogP contribution is -2.45. The summed E-state index contributed by atoms with van der Waals surface area (Å²) in [5.74, 6) is -1.00. The molecule has 2 aromatic carbocycles. The number of carbonyl (C=O) groups is 2. The fourth-order valence-electron chi connectivity index (χ4n) is 1.95. The minimum Gasteiger partial charge on any atom is -0.368 e. The van der Waals surface area contributed by atoms with Crippen molar-refractivity contribution in [3.63, 3.8) is 0 Å². The molecule has 0 aliphatic heterocycles. The molecule has 21 heavy (non-hydrogen) atoms. The van der Waals surface area contributed by atoms with Crippen LogP contribution in [-0.4, -0.2) is 17.9 Å². The molecule has 0 aliphatic rings. The number of rotatable bonds is 5. The van der Waals surface area contributed by atoms with Crippen LogP contribution in [0.4, 0.5) is 0 Å². The summed E-state index contributed by atoms with van der Waals surface area (Å²) in [6.07, 6.45) is 0.340. The molecule has 0 spiro atoms. The summed E-state index contributed by atoms with van der Waals surface area (Å²) in [6.45, 7) is 0. The van der Waals surface area contributed by atoms with Gasteiger partial charge in [0.15, 0.2) is 0 Å². The Morgan fingerprint density at radius 2 is 1.67 bits per heavy atom. The van der Waals surface area contributed by atoms with Gasteiger partial charge in [-0.15, -0.1) is 0 Å². The first-order chi connectivity index (χ1) is 10.1. The highest BCUT2D eigenvalue weighted by molar-refractivity contribution is 6.33. The summed E-state index contributed by atoms with van der Waals surface area (Å²) >= 11 is 5.97. The Labute approximate surface area is 127 Å². The van der Waals surface area contributed by atoms with Crippen LogP contribution < -0.4 is 11.1 Å². The van der Waals surface area contributed by atoms with Crippen LogP contribution in [0.1, 0.15) is 15.9 Å². The second kappa shape index (κ2) is 6.90. The van der Waals surface area contributed by atoms with Gasteiger partial charge < -0.3 is 11.1 Å². The zero-order valence-electron chi connectivity index (χ0n) is 11.3. The van der Waals surface area contributed by atoms with Crippen LogP contribution in [0.25, 0.3) is 0 Å². The maximum absolute atomic E-state index is 12.2. The Morgan fingerprint density at radius 1 is 1.05 bits per heavy atom. The predicted octanol–water partition coefficient (Wildman–Crippen LogP) is 2.17. The first kappa shape index (κ1) is 15.1. The van der Waals surface area contributed by atoms with E-state index in [9.17, 15) is 9.59 Å². The van der Waals surface area contributed by atoms with Crippen LogP contribution in [0.3, 0.4) is 0 Å². The standard InChI is InChI=1S/C16H15ClN2O2/c17-13-9-5-4-8-12(13)16(21)19-14(15(18)20)10-11-6-2-1-3-7-11/h1-9,14H,10H2,(H2,18,20)(H,19,21)/t14-/m0/s1. The fourth-order valence-corrected chi connectivity index (χ4v) is 2.18. The van der Waals surface area contributed by atoms with Crippen LogP contribution in [0.2, 0.25) is 5.02 Å². The van der Waals surface area contributed by atoms with Crippen LogP contribution in [0.5, 0.6) is 0 Å². The first-order valence-corrected chi connectivity index (χ1v) is 6.84. The number of hydrogen-bond donors (Lipinski definition) is 2. The van der Waals surface area contributed by atoms with E-state index < -0.39 is 17.9 Å². The van der Waals surface area contributed by atoms with Gasteiger partial charge in [-0.25, -0.2) is 0 Å². The topological polar surface area (TPSA) is 72.2 Å². The number of nitrogens with one attached hydrogen (secondary N) is 1. The van der Waals surface area contributed by atoms with Crippen molar-refractivity contribution < 1.29 is 9.59 Å². The SMILES string of the molecule is NC(=O)[C@H](Cc1ccccc1)NC(=O)c1ccccc1Cl. The van der Waals surface area contributed by atoms with Gasteiger partial charge in [0.1, 0.15) is 6.04 Å². The quantitative estimate of drug-likeness (QED) is 0.888. The summed E-state index contributed by atoms with van der Waals surface area (Å²) in [6, 6.07) is 15.2. The summed E-state index contributed by atoms with van der Waals surface area (Å²) in [5.41, 5.74) is 6.60. The van der Waals surface area contributed by atoms with Crippen molar-refractivity contribution in [3.05, 3.63) is 70.7 Å². The molecular formula is C16H15ClN2O2. The summed E-state index contributed by atoms with van der Waals surface area (Å²) in [4.78, 5) is 23.7. The zero-order chi connectivity index (χ0) is 15.2. The van der Waals surface area contributed by atoms with E-state index in [4.69, 9.17) is 17.3 Å². The van der Waals surface area contributed by atoms with Crippen molar-refractivity contribution in [1.29, 1.82) is 0 Å². The molecule has 2 amide bonds. The molecule has 4 nitrogen and oxygen atoms in total. The fraction of sp³-hybridized carbons (Fsp3) is 0.125. The Balaban J connectivity index is 2.12. The van der Waals surface area contributed by atoms with Gasteiger partial charge >= 0.3 is 0 Å². The Hall–Kier alpha value is -2.33. The van der Waals surface area contributed by atoms with E-state index >= 15 is 0 Å². The second-order valence-electron chi connectivity index (χ2n) is 4.60. The molecule has 2 aromatic rings. The van der Waals surface area contributed by atoms with E-state index in [1.807, 2.05) is 30.3 Å². The third-order valence-electron chi connectivity index (χ3n) is 3.05. The largest absolute Gasteiger partial charge is 0.368 e. The van der Waals surface area contributed by atoms with E-state index in [0.29, 0.717) is 17.0 Å². The third-order valence-corrected chi connectivity index (χ3v) is 3.38. The highest BCUT2D eigenvalue weighted by atomic mass is 35.5. The van der Waals surface area contributed by atoms with Crippen molar-refractivity contribution in [2.24, 2.45) is 5.73 Å². The van der Waals surface area contributed by atoms with E-state index in [1.165, 1.54) is 0 Å². The van der Waals surface area contributed by atoms with E-state index in [1.54, 1.807) is 24.3 Å². The number of primary amides is 1. The Kier molecular flexibility index (Phi) is 4.95. The van der Waals surface area contributed by atoms with Gasteiger partial charge in [-0.05, 0) is 17.7 Å². The summed E-state index contributed by atoms with van der Waals surface area (Å²) < 4.78 is 0. The molecule has 0 aromatic heterocycles. The van der Waals surface area contributed by atoms with E-state index in [2.05, 4.69) is 5.32 Å². The van der Waals surface area contributed by atoms with Crippen LogP contribution >= 0.6 is 11.6 Å². The normalized spacial score (nSPS) is 11.7. The lowest BCUT2D eigenvalue weighted by Gasteiger charge is -2.16. The number of carbonyl (C=O) groups excluding carboxylic acids is 2. The molecule has 0 fully saturated rings. The van der Waals surface area contributed by atoms with Crippen molar-refractivity contribution >= 4 is 23.4 Å². The lowest BCUT2D eigenvalue weighted by molar-refractivity contribution is -0.119. The summed E-state index contributed by atoms with van der Waals surface area (Å²) in [7, 11) is 0. The Bertz CT molecular complexity index is 644. The van der Waals surface area contributed by atoms with E-state index in [-0.39, 0.29) is 0 Å². The van der Waals surface area contributed by atoms with E-state index in [0.717, 1.165) is 5.56 Å². The number of halogens is 1. The number of amides is 2. The van der Waals surface area contributed by atoms with Gasteiger partial charge in [-0.3, -0.25) is 9.59 Å². The first-order valence-electron chi connectivity index (χ1n) is 6.46. The van der Waals surface area contributed by atoms with Crippen LogP contribution in [0, 0.1) is 0 Å². The molecule has 2 rings (SSSR count). The maximum Gasteiger partial charge on any atom is 0.253 e. The predicted molar refractivity (Wildman–Crippen MR) is 82.0 cm³/mol. The molecule has 3 N–H and O–H groups in total. The third kappa shape index (κ3) is 4.07. The van der Waals surface area contributed by atoms with Gasteiger partial charge in [0.25, 0.3) is 5.91 Å². The molecule has 1 atom stereocenters. The van der Waals surface area contributed by atoms with Crippen molar-refractivity contribution in [2.45, 2.75) is 12.5 Å². The second-order valence-corrected chi connectivity index (χ2v) is 5.01. The summed E-state index contributed by atoms with van der Waals surface area (Å²) in [5, 5.41) is 2.96. The van der Waals surface area contributed by atoms with Gasteiger partial charge in [-0.2, -0.15) is 0 Å². The average Bonchev–Trinajstić information content (AvgIpc) is 2.48. The molecule has 108 valence electrons. The van der Waals surface area contributed by atoms with Crippen LogP contribution in [0.15, 0.2) is 54.6 Å². The van der Waals surface area contributed by atoms with Crippen molar-refractivity contribution in [1.82, 2.24) is 5.32 Å². The highest BCUT2D eigenvalue weighted by Crippen LogP contribution is 2.15. The lowest BCUT2D eigenvalue weighted by atomic mass is 10.0. The number of hydrogen-bond acceptors (Lipinski definition) is 2. The number of benzene rings is 2. The molecule has 0 bridgehead atoms. The minimum atomic E-state index is -0.781. The molecule has 0 aliphatic carbocycles. The highest BCUT2D eigenvalue weighted by Gasteiger charge is 2.20. The molecule has 0 heterocycles. The zero-order valence-corrected chi connectivity index (χ0v) is 12.0. The monoisotopic (exact) mass is 302 g/mol. The van der Waals surface area contributed by atoms with Crippen LogP contribution in [-0.2, 0) is 11.2 Å². The Morgan fingerprint density at radius 3 is 2.29 bits per heavy atom. The minimum absolute atomic E-state index is 0.318. The van der Waals surface area contributed by atoms with Gasteiger partial charge in [-0.1, -0.05) is 54.1 Å². The smallest absolute Gasteiger partial charge is 0.253 e. The molecule has 0 radical (unpaired) electrons. The molecular weight excluding hydrogens is 288 g/mol. The molecule has 0 unspecified atom stereocenters. The van der Waals surface area contributed by atoms with Gasteiger partial charge in [0, 0.05) is 6.42 Å². The van der Waals surface area contributed by atoms with Gasteiger partial charge in [0.05, 0.1) is 10.6 Å². The molecule has 0 saturated carbocycles. The average molecular weight is 303 g/mol. The number of nitrogens with two attached hydrogens (primary N) is 1. The van der Waals surface area contributed by atoms with Gasteiger partial charge in [0.2, 0.25) is 5.91 Å². The molecule has 0 saturated heterocycles. The molecule has 5 heteroatoms. The van der Waals surface area contributed by atoms with Crippen molar-refractivity contribution in [3.8, 4) is 0 Å². The van der Waals surface area contributed by atoms with Crippen molar-refractivity contribution in [2.75, 3.05) is 0 Å².